The quantitative estimate of drug-likeness (QED) is 0.648. The molecule has 0 saturated heterocycles. The van der Waals surface area contributed by atoms with E-state index in [0.717, 1.165) is 32.1 Å². The summed E-state index contributed by atoms with van der Waals surface area (Å²) in [5, 5.41) is 4.58. The molecule has 0 spiro atoms. The highest BCUT2D eigenvalue weighted by molar-refractivity contribution is 9.10. The summed E-state index contributed by atoms with van der Waals surface area (Å²) in [6.07, 6.45) is 1.83. The first kappa shape index (κ1) is 13.6. The van der Waals surface area contributed by atoms with E-state index in [2.05, 4.69) is 72.5 Å². The topological polar surface area (TPSA) is 24.9 Å². The number of para-hydroxylation sites is 1. The van der Waals surface area contributed by atoms with Crippen molar-refractivity contribution in [3.63, 3.8) is 0 Å². The van der Waals surface area contributed by atoms with Gasteiger partial charge in [0, 0.05) is 27.1 Å². The predicted octanol–water partition coefficient (Wildman–Crippen LogP) is 5.37. The lowest BCUT2D eigenvalue weighted by atomic mass is 10.1. The maximum atomic E-state index is 4.49. The number of nitrogens with one attached hydrogen (secondary N) is 1. The Morgan fingerprint density at radius 3 is 2.65 bits per heavy atom. The highest BCUT2D eigenvalue weighted by atomic mass is 79.9. The van der Waals surface area contributed by atoms with Crippen LogP contribution < -0.4 is 5.32 Å². The first-order chi connectivity index (χ1) is 9.72. The van der Waals surface area contributed by atoms with Gasteiger partial charge in [0.05, 0.1) is 11.2 Å². The summed E-state index contributed by atoms with van der Waals surface area (Å²) in [4.78, 5) is 4.49. The molecule has 1 N–H and O–H groups in total. The molecule has 4 heteroatoms. The highest BCUT2D eigenvalue weighted by Gasteiger charge is 2.03. The summed E-state index contributed by atoms with van der Waals surface area (Å²) in [7, 11) is 0. The molecular weight excluding hydrogens is 380 g/mol. The Kier molecular flexibility index (Phi) is 4.03. The number of halogens is 2. The van der Waals surface area contributed by atoms with Crippen molar-refractivity contribution in [1.29, 1.82) is 0 Å². The Morgan fingerprint density at radius 1 is 0.950 bits per heavy atom. The van der Waals surface area contributed by atoms with E-state index in [1.54, 1.807) is 0 Å². The average Bonchev–Trinajstić information content (AvgIpc) is 2.44. The second kappa shape index (κ2) is 5.94. The summed E-state index contributed by atoms with van der Waals surface area (Å²) in [6.45, 7) is 0.774. The van der Waals surface area contributed by atoms with Crippen molar-refractivity contribution in [2.45, 2.75) is 6.54 Å². The number of anilines is 1. The minimum atomic E-state index is 0.774. The monoisotopic (exact) mass is 390 g/mol. The van der Waals surface area contributed by atoms with Crippen molar-refractivity contribution in [2.24, 2.45) is 0 Å². The van der Waals surface area contributed by atoms with Crippen LogP contribution in [0.4, 0.5) is 5.69 Å². The van der Waals surface area contributed by atoms with E-state index in [4.69, 9.17) is 0 Å². The number of aromatic nitrogens is 1. The molecule has 0 radical (unpaired) electrons. The van der Waals surface area contributed by atoms with Gasteiger partial charge in [0.15, 0.2) is 0 Å². The number of hydrogen-bond acceptors (Lipinski definition) is 2. The Morgan fingerprint density at radius 2 is 1.80 bits per heavy atom. The van der Waals surface area contributed by atoms with Gasteiger partial charge in [0.2, 0.25) is 0 Å². The third kappa shape index (κ3) is 3.02. The molecule has 3 aromatic rings. The summed E-state index contributed by atoms with van der Waals surface area (Å²) >= 11 is 6.94. The van der Waals surface area contributed by atoms with Crippen LogP contribution in [-0.2, 0) is 6.54 Å². The van der Waals surface area contributed by atoms with Crippen LogP contribution in [-0.4, -0.2) is 4.98 Å². The lowest BCUT2D eigenvalue weighted by Crippen LogP contribution is -2.00. The van der Waals surface area contributed by atoms with Crippen LogP contribution in [0, 0.1) is 0 Å². The minimum absolute atomic E-state index is 0.774. The highest BCUT2D eigenvalue weighted by Crippen LogP contribution is 2.24. The normalized spacial score (nSPS) is 10.7. The van der Waals surface area contributed by atoms with Gasteiger partial charge in [-0.05, 0) is 45.8 Å². The van der Waals surface area contributed by atoms with Crippen LogP contribution in [0.15, 0.2) is 63.7 Å². The molecule has 0 fully saturated rings. The number of rotatable bonds is 3. The molecule has 0 amide bonds. The number of hydrogen-bond donors (Lipinski definition) is 1. The zero-order chi connectivity index (χ0) is 13.9. The summed E-state index contributed by atoms with van der Waals surface area (Å²) in [5.74, 6) is 0. The smallest absolute Gasteiger partial charge is 0.0934 e. The fourth-order valence-electron chi connectivity index (χ4n) is 2.12. The van der Waals surface area contributed by atoms with Crippen LogP contribution in [0.25, 0.3) is 10.9 Å². The van der Waals surface area contributed by atoms with E-state index in [-0.39, 0.29) is 0 Å². The van der Waals surface area contributed by atoms with E-state index < -0.39 is 0 Å². The second-order valence-corrected chi connectivity index (χ2v) is 6.35. The third-order valence-corrected chi connectivity index (χ3v) is 3.98. The maximum absolute atomic E-state index is 4.49. The molecule has 3 rings (SSSR count). The predicted molar refractivity (Wildman–Crippen MR) is 90.9 cm³/mol. The molecule has 0 aliphatic heterocycles. The number of pyridine rings is 1. The Bertz CT molecular complexity index is 756. The minimum Gasteiger partial charge on any atom is -0.379 e. The molecule has 20 heavy (non-hydrogen) atoms. The first-order valence-electron chi connectivity index (χ1n) is 6.25. The number of fused-ring (bicyclic) bond motifs is 1. The van der Waals surface area contributed by atoms with Crippen LogP contribution >= 0.6 is 31.9 Å². The molecular formula is C16H12Br2N2. The molecule has 0 aliphatic carbocycles. The van der Waals surface area contributed by atoms with E-state index in [9.17, 15) is 0 Å². The molecule has 0 saturated carbocycles. The van der Waals surface area contributed by atoms with E-state index in [1.165, 1.54) is 5.56 Å². The molecule has 2 nitrogen and oxygen atoms in total. The summed E-state index contributed by atoms with van der Waals surface area (Å²) in [5.41, 5.74) is 3.27. The van der Waals surface area contributed by atoms with Crippen molar-refractivity contribution < 1.29 is 0 Å². The lowest BCUT2D eigenvalue weighted by Gasteiger charge is -2.09. The van der Waals surface area contributed by atoms with Gasteiger partial charge in [-0.2, -0.15) is 0 Å². The Hall–Kier alpha value is -1.39. The molecule has 0 atom stereocenters. The van der Waals surface area contributed by atoms with Gasteiger partial charge >= 0.3 is 0 Å². The average molecular weight is 392 g/mol. The van der Waals surface area contributed by atoms with Gasteiger partial charge < -0.3 is 5.32 Å². The van der Waals surface area contributed by atoms with Crippen LogP contribution in [0.2, 0.25) is 0 Å². The van der Waals surface area contributed by atoms with Crippen molar-refractivity contribution in [3.05, 3.63) is 69.2 Å². The summed E-state index contributed by atoms with van der Waals surface area (Å²) < 4.78 is 2.09. The molecule has 0 unspecified atom stereocenters. The molecule has 0 aliphatic rings. The van der Waals surface area contributed by atoms with Gasteiger partial charge in [-0.1, -0.05) is 40.2 Å². The maximum Gasteiger partial charge on any atom is 0.0934 e. The zero-order valence-corrected chi connectivity index (χ0v) is 13.8. The molecule has 2 aromatic carbocycles. The Balaban J connectivity index is 1.87. The zero-order valence-electron chi connectivity index (χ0n) is 10.6. The van der Waals surface area contributed by atoms with Crippen molar-refractivity contribution in [2.75, 3.05) is 5.32 Å². The van der Waals surface area contributed by atoms with Crippen LogP contribution in [0.3, 0.4) is 0 Å². The first-order valence-corrected chi connectivity index (χ1v) is 7.83. The van der Waals surface area contributed by atoms with Gasteiger partial charge in [0.25, 0.3) is 0 Å². The second-order valence-electron chi connectivity index (χ2n) is 4.51. The van der Waals surface area contributed by atoms with Gasteiger partial charge in [-0.25, -0.2) is 0 Å². The van der Waals surface area contributed by atoms with Crippen molar-refractivity contribution >= 4 is 48.5 Å². The van der Waals surface area contributed by atoms with Crippen LogP contribution in [0.1, 0.15) is 5.56 Å². The number of benzene rings is 2. The largest absolute Gasteiger partial charge is 0.379 e. The standard InChI is InChI=1S/C16H12Br2N2/c17-13-5-1-3-11(7-13)9-19-15-6-2-4-12-8-14(18)10-20-16(12)15/h1-8,10,19H,9H2. The Labute approximate surface area is 134 Å². The van der Waals surface area contributed by atoms with Gasteiger partial charge in [-0.3, -0.25) is 4.98 Å². The fourth-order valence-corrected chi connectivity index (χ4v) is 2.92. The SMILES string of the molecule is Brc1cccc(CNc2cccc3cc(Br)cnc23)c1. The van der Waals surface area contributed by atoms with E-state index in [0.29, 0.717) is 0 Å². The summed E-state index contributed by atoms with van der Waals surface area (Å²) in [6, 6.07) is 16.5. The molecule has 1 aromatic heterocycles. The van der Waals surface area contributed by atoms with Crippen molar-refractivity contribution in [1.82, 2.24) is 4.98 Å². The van der Waals surface area contributed by atoms with Gasteiger partial charge in [0.1, 0.15) is 0 Å². The molecule has 1 heterocycles. The number of nitrogens with zero attached hydrogens (tertiary/aromatic N) is 1. The third-order valence-electron chi connectivity index (χ3n) is 3.05. The van der Waals surface area contributed by atoms with Gasteiger partial charge in [-0.15, -0.1) is 0 Å². The van der Waals surface area contributed by atoms with Crippen LogP contribution in [0.5, 0.6) is 0 Å². The lowest BCUT2D eigenvalue weighted by molar-refractivity contribution is 1.15. The van der Waals surface area contributed by atoms with E-state index in [1.807, 2.05) is 24.4 Å². The van der Waals surface area contributed by atoms with E-state index >= 15 is 0 Å². The van der Waals surface area contributed by atoms with Crippen molar-refractivity contribution in [3.8, 4) is 0 Å². The molecule has 0 bridgehead atoms. The molecule has 100 valence electrons. The fraction of sp³-hybridized carbons (Fsp3) is 0.0625.